The normalized spacial score (nSPS) is 10.6. The van der Waals surface area contributed by atoms with Gasteiger partial charge in [0.05, 0.1) is 24.0 Å². The Kier molecular flexibility index (Phi) is 5.03. The van der Waals surface area contributed by atoms with E-state index in [9.17, 15) is 4.79 Å². The van der Waals surface area contributed by atoms with Crippen molar-refractivity contribution in [2.75, 3.05) is 17.7 Å². The molecule has 0 spiro atoms. The molecule has 0 saturated carbocycles. The third kappa shape index (κ3) is 3.98. The number of hydrogen-bond acceptors (Lipinski definition) is 6. The van der Waals surface area contributed by atoms with Gasteiger partial charge in [0.1, 0.15) is 23.1 Å². The van der Waals surface area contributed by atoms with E-state index in [1.165, 1.54) is 0 Å². The molecule has 0 aliphatic heterocycles. The van der Waals surface area contributed by atoms with E-state index in [4.69, 9.17) is 4.74 Å². The van der Waals surface area contributed by atoms with Gasteiger partial charge in [-0.3, -0.25) is 9.78 Å². The minimum absolute atomic E-state index is 0.253. The van der Waals surface area contributed by atoms with Gasteiger partial charge < -0.3 is 15.4 Å². The molecule has 2 aromatic carbocycles. The number of carbonyl (C=O) groups excluding carboxylic acids is 1. The molecule has 2 aromatic heterocycles. The van der Waals surface area contributed by atoms with Gasteiger partial charge in [-0.1, -0.05) is 30.3 Å². The first kappa shape index (κ1) is 18.4. The summed E-state index contributed by atoms with van der Waals surface area (Å²) < 4.78 is 5.35. The molecule has 144 valence electrons. The van der Waals surface area contributed by atoms with Crippen molar-refractivity contribution in [1.29, 1.82) is 0 Å². The standard InChI is InChI=1S/C22H19N5O2/c1-14-24-18(13-20(25-14)26-16-9-3-4-11-19(16)29-2)22(28)27-17-10-5-7-15-8-6-12-23-21(15)17/h3-13H,1-2H3,(H,27,28)(H,24,25,26). The van der Waals surface area contributed by atoms with Crippen LogP contribution in [0.4, 0.5) is 17.2 Å². The van der Waals surface area contributed by atoms with Crippen molar-refractivity contribution in [1.82, 2.24) is 15.0 Å². The van der Waals surface area contributed by atoms with E-state index in [2.05, 4.69) is 25.6 Å². The van der Waals surface area contributed by atoms with Gasteiger partial charge in [0.15, 0.2) is 0 Å². The lowest BCUT2D eigenvalue weighted by molar-refractivity contribution is 0.102. The zero-order chi connectivity index (χ0) is 20.2. The minimum atomic E-state index is -0.336. The first-order chi connectivity index (χ1) is 14.1. The van der Waals surface area contributed by atoms with E-state index in [1.54, 1.807) is 26.3 Å². The van der Waals surface area contributed by atoms with Crippen LogP contribution in [0.5, 0.6) is 5.75 Å². The second-order valence-electron chi connectivity index (χ2n) is 6.35. The number of para-hydroxylation sites is 3. The predicted molar refractivity (Wildman–Crippen MR) is 113 cm³/mol. The lowest BCUT2D eigenvalue weighted by Gasteiger charge is -2.12. The van der Waals surface area contributed by atoms with Crippen molar-refractivity contribution in [2.24, 2.45) is 0 Å². The molecule has 0 atom stereocenters. The summed E-state index contributed by atoms with van der Waals surface area (Å²) in [6.07, 6.45) is 1.70. The summed E-state index contributed by atoms with van der Waals surface area (Å²) in [6.45, 7) is 1.74. The Morgan fingerprint density at radius 1 is 0.966 bits per heavy atom. The second kappa shape index (κ2) is 7.93. The summed E-state index contributed by atoms with van der Waals surface area (Å²) in [5, 5.41) is 7.03. The van der Waals surface area contributed by atoms with Crippen LogP contribution in [-0.2, 0) is 0 Å². The van der Waals surface area contributed by atoms with Gasteiger partial charge >= 0.3 is 0 Å². The van der Waals surface area contributed by atoms with E-state index in [0.29, 0.717) is 23.1 Å². The monoisotopic (exact) mass is 385 g/mol. The number of carbonyl (C=O) groups is 1. The van der Waals surface area contributed by atoms with Crippen molar-refractivity contribution >= 4 is 34.0 Å². The molecule has 0 aliphatic rings. The van der Waals surface area contributed by atoms with E-state index in [1.807, 2.05) is 54.6 Å². The minimum Gasteiger partial charge on any atom is -0.495 e. The highest BCUT2D eigenvalue weighted by atomic mass is 16.5. The molecule has 0 unspecified atom stereocenters. The smallest absolute Gasteiger partial charge is 0.274 e. The number of anilines is 3. The van der Waals surface area contributed by atoms with Gasteiger partial charge in [-0.25, -0.2) is 9.97 Å². The molecular weight excluding hydrogens is 366 g/mol. The summed E-state index contributed by atoms with van der Waals surface area (Å²) >= 11 is 0. The number of fused-ring (bicyclic) bond motifs is 1. The average molecular weight is 385 g/mol. The van der Waals surface area contributed by atoms with Crippen molar-refractivity contribution in [3.63, 3.8) is 0 Å². The fraction of sp³-hybridized carbons (Fsp3) is 0.0909. The number of nitrogens with zero attached hydrogens (tertiary/aromatic N) is 3. The highest BCUT2D eigenvalue weighted by molar-refractivity contribution is 6.07. The van der Waals surface area contributed by atoms with Crippen molar-refractivity contribution < 1.29 is 9.53 Å². The Morgan fingerprint density at radius 3 is 2.62 bits per heavy atom. The number of ether oxygens (including phenoxy) is 1. The fourth-order valence-corrected chi connectivity index (χ4v) is 3.03. The average Bonchev–Trinajstić information content (AvgIpc) is 2.74. The van der Waals surface area contributed by atoms with Crippen LogP contribution >= 0.6 is 0 Å². The number of nitrogens with one attached hydrogen (secondary N) is 2. The Morgan fingerprint density at radius 2 is 1.76 bits per heavy atom. The van der Waals surface area contributed by atoms with E-state index < -0.39 is 0 Å². The van der Waals surface area contributed by atoms with Crippen LogP contribution in [0.2, 0.25) is 0 Å². The van der Waals surface area contributed by atoms with Crippen LogP contribution in [0.3, 0.4) is 0 Å². The second-order valence-corrected chi connectivity index (χ2v) is 6.35. The Bertz CT molecular complexity index is 1190. The fourth-order valence-electron chi connectivity index (χ4n) is 3.03. The number of hydrogen-bond donors (Lipinski definition) is 2. The first-order valence-corrected chi connectivity index (χ1v) is 9.05. The van der Waals surface area contributed by atoms with Crippen LogP contribution in [0.1, 0.15) is 16.3 Å². The van der Waals surface area contributed by atoms with Crippen molar-refractivity contribution in [3.8, 4) is 5.75 Å². The molecule has 0 bridgehead atoms. The van der Waals surface area contributed by atoms with Crippen LogP contribution < -0.4 is 15.4 Å². The highest BCUT2D eigenvalue weighted by Gasteiger charge is 2.13. The molecule has 1 amide bonds. The van der Waals surface area contributed by atoms with Gasteiger partial charge in [-0.15, -0.1) is 0 Å². The summed E-state index contributed by atoms with van der Waals surface area (Å²) in [5.74, 6) is 1.32. The maximum atomic E-state index is 12.9. The highest BCUT2D eigenvalue weighted by Crippen LogP contribution is 2.27. The maximum Gasteiger partial charge on any atom is 0.274 e. The largest absolute Gasteiger partial charge is 0.495 e. The first-order valence-electron chi connectivity index (χ1n) is 9.05. The number of aromatic nitrogens is 3. The lowest BCUT2D eigenvalue weighted by atomic mass is 10.2. The molecule has 0 fully saturated rings. The van der Waals surface area contributed by atoms with E-state index in [-0.39, 0.29) is 11.6 Å². The van der Waals surface area contributed by atoms with Crippen LogP contribution in [-0.4, -0.2) is 28.0 Å². The molecule has 0 radical (unpaired) electrons. The summed E-state index contributed by atoms with van der Waals surface area (Å²) in [7, 11) is 1.60. The third-order valence-electron chi connectivity index (χ3n) is 4.32. The van der Waals surface area contributed by atoms with Crippen LogP contribution in [0, 0.1) is 6.92 Å². The topological polar surface area (TPSA) is 89.0 Å². The molecule has 4 aromatic rings. The number of amides is 1. The van der Waals surface area contributed by atoms with E-state index >= 15 is 0 Å². The molecule has 4 rings (SSSR count). The molecule has 7 heteroatoms. The molecular formula is C22H19N5O2. The van der Waals surface area contributed by atoms with Crippen molar-refractivity contribution in [2.45, 2.75) is 6.92 Å². The molecule has 0 aliphatic carbocycles. The summed E-state index contributed by atoms with van der Waals surface area (Å²) in [4.78, 5) is 25.9. The number of methoxy groups -OCH3 is 1. The third-order valence-corrected chi connectivity index (χ3v) is 4.32. The molecule has 7 nitrogen and oxygen atoms in total. The summed E-state index contributed by atoms with van der Waals surface area (Å²) in [6, 6.07) is 18.5. The predicted octanol–water partition coefficient (Wildman–Crippen LogP) is 4.34. The number of aryl methyl sites for hydroxylation is 1. The number of benzene rings is 2. The molecule has 29 heavy (non-hydrogen) atoms. The van der Waals surface area contributed by atoms with Crippen LogP contribution in [0.25, 0.3) is 10.9 Å². The summed E-state index contributed by atoms with van der Waals surface area (Å²) in [5.41, 5.74) is 2.35. The van der Waals surface area contributed by atoms with Crippen LogP contribution in [0.15, 0.2) is 66.9 Å². The zero-order valence-corrected chi connectivity index (χ0v) is 16.0. The molecule has 2 N–H and O–H groups in total. The SMILES string of the molecule is COc1ccccc1Nc1cc(C(=O)Nc2cccc3cccnc23)nc(C)n1. The van der Waals surface area contributed by atoms with Gasteiger partial charge in [0.25, 0.3) is 5.91 Å². The van der Waals surface area contributed by atoms with E-state index in [0.717, 1.165) is 16.6 Å². The molecule has 2 heterocycles. The Labute approximate surface area is 167 Å². The van der Waals surface area contributed by atoms with Gasteiger partial charge in [-0.05, 0) is 31.2 Å². The molecule has 0 saturated heterocycles. The van der Waals surface area contributed by atoms with Gasteiger partial charge in [0.2, 0.25) is 0 Å². The van der Waals surface area contributed by atoms with Crippen molar-refractivity contribution in [3.05, 3.63) is 78.4 Å². The Balaban J connectivity index is 1.62. The lowest BCUT2D eigenvalue weighted by Crippen LogP contribution is -2.15. The zero-order valence-electron chi connectivity index (χ0n) is 16.0. The quantitative estimate of drug-likeness (QED) is 0.531. The number of rotatable bonds is 5. The van der Waals surface area contributed by atoms with Gasteiger partial charge in [-0.2, -0.15) is 0 Å². The maximum absolute atomic E-state index is 12.9. The number of pyridine rings is 1. The van der Waals surface area contributed by atoms with Gasteiger partial charge in [0, 0.05) is 17.6 Å². The Hall–Kier alpha value is -4.00.